The number of rotatable bonds is 3. The quantitative estimate of drug-likeness (QED) is 0.798. The number of thiophene rings is 1. The summed E-state index contributed by atoms with van der Waals surface area (Å²) in [5.74, 6) is -2.35. The van der Waals surface area contributed by atoms with E-state index in [1.165, 1.54) is 22.7 Å². The Labute approximate surface area is 126 Å². The van der Waals surface area contributed by atoms with E-state index < -0.39 is 17.5 Å². The van der Waals surface area contributed by atoms with Crippen molar-refractivity contribution < 1.29 is 13.6 Å². The molecule has 1 aromatic carbocycles. The first kappa shape index (κ1) is 13.8. The first-order valence-electron chi connectivity index (χ1n) is 5.77. The number of carbonyl (C=O) groups excluding carboxylic acids is 1. The highest BCUT2D eigenvalue weighted by Crippen LogP contribution is 2.29. The summed E-state index contributed by atoms with van der Waals surface area (Å²) in [6, 6.07) is 6.53. The van der Waals surface area contributed by atoms with Crippen LogP contribution in [0.4, 0.5) is 13.9 Å². The minimum atomic E-state index is -0.921. The van der Waals surface area contributed by atoms with Crippen LogP contribution >= 0.6 is 22.7 Å². The molecule has 0 bridgehead atoms. The van der Waals surface area contributed by atoms with Gasteiger partial charge < -0.3 is 0 Å². The van der Waals surface area contributed by atoms with Crippen molar-refractivity contribution in [3.05, 3.63) is 52.9 Å². The van der Waals surface area contributed by atoms with Crippen LogP contribution in [0.25, 0.3) is 9.88 Å². The van der Waals surface area contributed by atoms with E-state index in [0.717, 1.165) is 17.0 Å². The molecule has 0 spiro atoms. The van der Waals surface area contributed by atoms with Crippen molar-refractivity contribution in [3.8, 4) is 9.88 Å². The van der Waals surface area contributed by atoms with Crippen molar-refractivity contribution in [2.45, 2.75) is 0 Å². The van der Waals surface area contributed by atoms with E-state index in [9.17, 15) is 13.6 Å². The second-order valence-electron chi connectivity index (χ2n) is 3.97. The molecule has 3 aromatic rings. The van der Waals surface area contributed by atoms with Crippen LogP contribution in [0.2, 0.25) is 0 Å². The average Bonchev–Trinajstić information content (AvgIpc) is 3.08. The van der Waals surface area contributed by atoms with Gasteiger partial charge in [0.15, 0.2) is 5.01 Å². The summed E-state index contributed by atoms with van der Waals surface area (Å²) in [5, 5.41) is 13.1. The van der Waals surface area contributed by atoms with Crippen LogP contribution in [0.15, 0.2) is 35.7 Å². The lowest BCUT2D eigenvalue weighted by Gasteiger charge is -2.02. The summed E-state index contributed by atoms with van der Waals surface area (Å²) in [7, 11) is 0. The number of aromatic nitrogens is 2. The molecule has 0 radical (unpaired) electrons. The summed E-state index contributed by atoms with van der Waals surface area (Å²) in [6.07, 6.45) is 0. The van der Waals surface area contributed by atoms with Gasteiger partial charge in [0.05, 0.1) is 10.4 Å². The highest BCUT2D eigenvalue weighted by Gasteiger charge is 2.15. The molecule has 4 nitrogen and oxygen atoms in total. The Kier molecular flexibility index (Phi) is 3.72. The second-order valence-corrected chi connectivity index (χ2v) is 5.89. The number of halogens is 2. The van der Waals surface area contributed by atoms with E-state index in [1.807, 2.05) is 17.5 Å². The molecule has 1 N–H and O–H groups in total. The van der Waals surface area contributed by atoms with Crippen LogP contribution < -0.4 is 5.32 Å². The minimum Gasteiger partial charge on any atom is -0.296 e. The van der Waals surface area contributed by atoms with Gasteiger partial charge in [-0.25, -0.2) is 8.78 Å². The Morgan fingerprint density at radius 2 is 2.05 bits per heavy atom. The van der Waals surface area contributed by atoms with Crippen LogP contribution in [0, 0.1) is 11.6 Å². The maximum atomic E-state index is 13.5. The largest absolute Gasteiger partial charge is 0.296 e. The third-order valence-corrected chi connectivity index (χ3v) is 4.43. The van der Waals surface area contributed by atoms with E-state index in [0.29, 0.717) is 11.1 Å². The molecule has 0 atom stereocenters. The number of amides is 1. The Bertz CT molecular complexity index is 787. The topological polar surface area (TPSA) is 54.9 Å². The monoisotopic (exact) mass is 323 g/mol. The molecular weight excluding hydrogens is 316 g/mol. The molecule has 1 amide bonds. The van der Waals surface area contributed by atoms with E-state index in [2.05, 4.69) is 15.5 Å². The lowest BCUT2D eigenvalue weighted by molar-refractivity contribution is 0.102. The standard InChI is InChI=1S/C13H7F2N3OS2/c14-7-3-4-8(9(15)6-7)11(19)16-13-18-17-12(21-13)10-2-1-5-20-10/h1-6H,(H,16,18,19). The fraction of sp³-hybridized carbons (Fsp3) is 0. The van der Waals surface area contributed by atoms with Crippen LogP contribution in [0.3, 0.4) is 0 Å². The van der Waals surface area contributed by atoms with E-state index in [1.54, 1.807) is 0 Å². The predicted octanol–water partition coefficient (Wildman–Crippen LogP) is 3.80. The summed E-state index contributed by atoms with van der Waals surface area (Å²) in [5.41, 5.74) is -0.246. The van der Waals surface area contributed by atoms with Gasteiger partial charge in [-0.2, -0.15) is 0 Å². The van der Waals surface area contributed by atoms with Gasteiger partial charge in [-0.1, -0.05) is 17.4 Å². The molecule has 21 heavy (non-hydrogen) atoms. The number of hydrogen-bond donors (Lipinski definition) is 1. The fourth-order valence-corrected chi connectivity index (χ4v) is 3.14. The highest BCUT2D eigenvalue weighted by molar-refractivity contribution is 7.23. The fourth-order valence-electron chi connectivity index (χ4n) is 1.61. The van der Waals surface area contributed by atoms with Gasteiger partial charge in [0.1, 0.15) is 11.6 Å². The Hall–Kier alpha value is -2.19. The molecule has 0 aliphatic heterocycles. The van der Waals surface area contributed by atoms with Crippen LogP contribution in [-0.4, -0.2) is 16.1 Å². The molecule has 8 heteroatoms. The maximum Gasteiger partial charge on any atom is 0.260 e. The van der Waals surface area contributed by atoms with Crippen LogP contribution in [0.1, 0.15) is 10.4 Å². The lowest BCUT2D eigenvalue weighted by Crippen LogP contribution is -2.13. The van der Waals surface area contributed by atoms with Gasteiger partial charge in [0, 0.05) is 6.07 Å². The highest BCUT2D eigenvalue weighted by atomic mass is 32.1. The first-order valence-corrected chi connectivity index (χ1v) is 7.47. The van der Waals surface area contributed by atoms with Gasteiger partial charge >= 0.3 is 0 Å². The Balaban J connectivity index is 1.79. The molecule has 0 saturated heterocycles. The third kappa shape index (κ3) is 2.96. The molecule has 2 aromatic heterocycles. The molecule has 2 heterocycles. The molecule has 3 rings (SSSR count). The Morgan fingerprint density at radius 1 is 1.19 bits per heavy atom. The summed E-state index contributed by atoms with van der Waals surface area (Å²) in [6.45, 7) is 0. The van der Waals surface area contributed by atoms with E-state index >= 15 is 0 Å². The van der Waals surface area contributed by atoms with Crippen molar-refractivity contribution in [1.29, 1.82) is 0 Å². The van der Waals surface area contributed by atoms with Crippen molar-refractivity contribution >= 4 is 33.7 Å². The number of nitrogens with one attached hydrogen (secondary N) is 1. The minimum absolute atomic E-state index is 0.246. The zero-order valence-electron chi connectivity index (χ0n) is 10.3. The molecule has 0 aliphatic rings. The summed E-state index contributed by atoms with van der Waals surface area (Å²) < 4.78 is 26.3. The number of anilines is 1. The van der Waals surface area contributed by atoms with E-state index in [-0.39, 0.29) is 10.7 Å². The zero-order chi connectivity index (χ0) is 14.8. The number of benzene rings is 1. The normalized spacial score (nSPS) is 10.6. The molecule has 0 aliphatic carbocycles. The van der Waals surface area contributed by atoms with Gasteiger partial charge in [0.2, 0.25) is 5.13 Å². The molecule has 0 unspecified atom stereocenters. The van der Waals surface area contributed by atoms with Gasteiger partial charge in [-0.15, -0.1) is 21.5 Å². The van der Waals surface area contributed by atoms with Gasteiger partial charge in [-0.05, 0) is 23.6 Å². The third-order valence-electron chi connectivity index (χ3n) is 2.55. The molecular formula is C13H7F2N3OS2. The number of nitrogens with zero attached hydrogens (tertiary/aromatic N) is 2. The summed E-state index contributed by atoms with van der Waals surface area (Å²) >= 11 is 2.68. The Morgan fingerprint density at radius 3 is 2.76 bits per heavy atom. The zero-order valence-corrected chi connectivity index (χ0v) is 12.0. The number of carbonyl (C=O) groups is 1. The lowest BCUT2D eigenvalue weighted by atomic mass is 10.2. The van der Waals surface area contributed by atoms with Gasteiger partial charge in [-0.3, -0.25) is 10.1 Å². The smallest absolute Gasteiger partial charge is 0.260 e. The van der Waals surface area contributed by atoms with Crippen molar-refractivity contribution in [2.75, 3.05) is 5.32 Å². The van der Waals surface area contributed by atoms with Crippen molar-refractivity contribution in [3.63, 3.8) is 0 Å². The molecule has 106 valence electrons. The van der Waals surface area contributed by atoms with Crippen LogP contribution in [-0.2, 0) is 0 Å². The SMILES string of the molecule is O=C(Nc1nnc(-c2cccs2)s1)c1ccc(F)cc1F. The van der Waals surface area contributed by atoms with Gasteiger partial charge in [0.25, 0.3) is 5.91 Å². The molecule has 0 saturated carbocycles. The summed E-state index contributed by atoms with van der Waals surface area (Å²) in [4.78, 5) is 12.8. The van der Waals surface area contributed by atoms with E-state index in [4.69, 9.17) is 0 Å². The maximum absolute atomic E-state index is 13.5. The van der Waals surface area contributed by atoms with Crippen LogP contribution in [0.5, 0.6) is 0 Å². The molecule has 0 fully saturated rings. The first-order chi connectivity index (χ1) is 10.1. The predicted molar refractivity (Wildman–Crippen MR) is 77.5 cm³/mol. The average molecular weight is 323 g/mol. The second kappa shape index (κ2) is 5.66. The number of hydrogen-bond acceptors (Lipinski definition) is 5. The van der Waals surface area contributed by atoms with Crippen molar-refractivity contribution in [2.24, 2.45) is 0 Å². The van der Waals surface area contributed by atoms with Crippen molar-refractivity contribution in [1.82, 2.24) is 10.2 Å².